The molecule has 0 saturated carbocycles. The average molecular weight is 350 g/mol. The van der Waals surface area contributed by atoms with Crippen LogP contribution in [0.3, 0.4) is 0 Å². The van der Waals surface area contributed by atoms with E-state index in [1.54, 1.807) is 36.4 Å². The highest BCUT2D eigenvalue weighted by Gasteiger charge is 2.28. The molecular formula is C19H10O5S. The molecule has 0 atom stereocenters. The van der Waals surface area contributed by atoms with E-state index in [1.165, 1.54) is 11.8 Å². The first-order valence-electron chi connectivity index (χ1n) is 7.38. The van der Waals surface area contributed by atoms with Crippen molar-refractivity contribution in [3.05, 3.63) is 65.7 Å². The largest absolute Gasteiger partial charge is 0.428 e. The summed E-state index contributed by atoms with van der Waals surface area (Å²) in [7, 11) is 0. The monoisotopic (exact) mass is 350 g/mol. The summed E-state index contributed by atoms with van der Waals surface area (Å²) in [6, 6.07) is 15.8. The average Bonchev–Trinajstić information content (AvgIpc) is 2.62. The maximum Gasteiger partial charge on any atom is 0.346 e. The molecule has 0 aliphatic carbocycles. The number of benzene rings is 3. The van der Waals surface area contributed by atoms with Crippen LogP contribution in [-0.4, -0.2) is 18.4 Å². The van der Waals surface area contributed by atoms with Crippen molar-refractivity contribution < 1.29 is 23.9 Å². The fourth-order valence-electron chi connectivity index (χ4n) is 2.81. The SMILES string of the molecule is O=COc1ccccc1Sc1ccc2c3c(cccc13)C(=O)OC2=O. The second-order valence-electron chi connectivity index (χ2n) is 5.28. The molecule has 1 aliphatic heterocycles. The molecule has 0 bridgehead atoms. The molecule has 0 aromatic heterocycles. The summed E-state index contributed by atoms with van der Waals surface area (Å²) < 4.78 is 9.77. The van der Waals surface area contributed by atoms with Crippen LogP contribution in [0, 0.1) is 0 Å². The Morgan fingerprint density at radius 1 is 0.840 bits per heavy atom. The Bertz CT molecular complexity index is 1020. The minimum absolute atomic E-state index is 0.368. The Balaban J connectivity index is 1.89. The molecule has 25 heavy (non-hydrogen) atoms. The molecule has 0 unspecified atom stereocenters. The lowest BCUT2D eigenvalue weighted by Gasteiger charge is -2.17. The lowest BCUT2D eigenvalue weighted by atomic mass is 9.97. The molecule has 3 aromatic rings. The highest BCUT2D eigenvalue weighted by molar-refractivity contribution is 7.99. The smallest absolute Gasteiger partial charge is 0.346 e. The molecule has 0 amide bonds. The van der Waals surface area contributed by atoms with Gasteiger partial charge in [0, 0.05) is 10.3 Å². The number of hydrogen-bond donors (Lipinski definition) is 0. The Hall–Kier alpha value is -3.12. The van der Waals surface area contributed by atoms with Crippen LogP contribution in [0.1, 0.15) is 20.7 Å². The number of carbonyl (C=O) groups is 3. The molecule has 3 aromatic carbocycles. The van der Waals surface area contributed by atoms with E-state index in [4.69, 9.17) is 9.47 Å². The van der Waals surface area contributed by atoms with E-state index in [9.17, 15) is 14.4 Å². The summed E-state index contributed by atoms with van der Waals surface area (Å²) >= 11 is 1.39. The molecule has 0 spiro atoms. The first-order chi connectivity index (χ1) is 12.2. The number of rotatable bonds is 4. The van der Waals surface area contributed by atoms with Gasteiger partial charge in [0.1, 0.15) is 5.75 Å². The van der Waals surface area contributed by atoms with Gasteiger partial charge in [-0.3, -0.25) is 4.79 Å². The van der Waals surface area contributed by atoms with Crippen molar-refractivity contribution in [2.45, 2.75) is 9.79 Å². The van der Waals surface area contributed by atoms with Gasteiger partial charge < -0.3 is 9.47 Å². The third-order valence-electron chi connectivity index (χ3n) is 3.87. The Morgan fingerprint density at radius 3 is 2.40 bits per heavy atom. The third-order valence-corrected chi connectivity index (χ3v) is 5.00. The number of cyclic esters (lactones) is 2. The molecule has 5 nitrogen and oxygen atoms in total. The second kappa shape index (κ2) is 6.07. The fraction of sp³-hybridized carbons (Fsp3) is 0. The zero-order valence-corrected chi connectivity index (χ0v) is 13.5. The Kier molecular flexibility index (Phi) is 3.74. The van der Waals surface area contributed by atoms with Gasteiger partial charge in [-0.25, -0.2) is 9.59 Å². The van der Waals surface area contributed by atoms with E-state index < -0.39 is 11.9 Å². The molecular weight excluding hydrogens is 340 g/mol. The first kappa shape index (κ1) is 15.4. The number of ether oxygens (including phenoxy) is 2. The summed E-state index contributed by atoms with van der Waals surface area (Å²) in [5.41, 5.74) is 0.735. The first-order valence-corrected chi connectivity index (χ1v) is 8.20. The molecule has 4 rings (SSSR count). The highest BCUT2D eigenvalue weighted by atomic mass is 32.2. The van der Waals surface area contributed by atoms with E-state index in [2.05, 4.69) is 0 Å². The predicted octanol–water partition coefficient (Wildman–Crippen LogP) is 3.84. The van der Waals surface area contributed by atoms with Crippen LogP contribution in [0.4, 0.5) is 0 Å². The zero-order chi connectivity index (χ0) is 17.4. The van der Waals surface area contributed by atoms with Crippen molar-refractivity contribution in [3.8, 4) is 5.75 Å². The van der Waals surface area contributed by atoms with Crippen LogP contribution >= 0.6 is 11.8 Å². The van der Waals surface area contributed by atoms with Gasteiger partial charge in [-0.05, 0) is 35.7 Å². The van der Waals surface area contributed by atoms with Crippen LogP contribution in [0.15, 0.2) is 64.4 Å². The van der Waals surface area contributed by atoms with Crippen molar-refractivity contribution in [3.63, 3.8) is 0 Å². The second-order valence-corrected chi connectivity index (χ2v) is 6.36. The maximum absolute atomic E-state index is 12.0. The van der Waals surface area contributed by atoms with E-state index in [0.717, 1.165) is 15.2 Å². The number of para-hydroxylation sites is 1. The van der Waals surface area contributed by atoms with Crippen molar-refractivity contribution in [2.24, 2.45) is 0 Å². The predicted molar refractivity (Wildman–Crippen MR) is 91.0 cm³/mol. The van der Waals surface area contributed by atoms with E-state index in [1.807, 2.05) is 18.2 Å². The van der Waals surface area contributed by atoms with Gasteiger partial charge in [0.15, 0.2) is 0 Å². The summed E-state index contributed by atoms with van der Waals surface area (Å²) in [5.74, 6) is -0.844. The zero-order valence-electron chi connectivity index (χ0n) is 12.7. The molecule has 122 valence electrons. The van der Waals surface area contributed by atoms with Crippen molar-refractivity contribution >= 4 is 40.9 Å². The van der Waals surface area contributed by atoms with Gasteiger partial charge in [-0.1, -0.05) is 36.0 Å². The van der Waals surface area contributed by atoms with E-state index in [-0.39, 0.29) is 0 Å². The topological polar surface area (TPSA) is 69.7 Å². The fourth-order valence-corrected chi connectivity index (χ4v) is 3.82. The van der Waals surface area contributed by atoms with Gasteiger partial charge in [-0.2, -0.15) is 0 Å². The molecule has 1 heterocycles. The van der Waals surface area contributed by atoms with Gasteiger partial charge >= 0.3 is 11.9 Å². The van der Waals surface area contributed by atoms with Crippen LogP contribution in [0.5, 0.6) is 5.75 Å². The molecule has 0 fully saturated rings. The summed E-state index contributed by atoms with van der Waals surface area (Å²) in [4.78, 5) is 36.2. The Morgan fingerprint density at radius 2 is 1.60 bits per heavy atom. The van der Waals surface area contributed by atoms with Gasteiger partial charge in [0.2, 0.25) is 0 Å². The molecule has 0 radical (unpaired) electrons. The number of hydrogen-bond acceptors (Lipinski definition) is 6. The van der Waals surface area contributed by atoms with Gasteiger partial charge in [0.25, 0.3) is 6.47 Å². The van der Waals surface area contributed by atoms with Crippen molar-refractivity contribution in [1.82, 2.24) is 0 Å². The van der Waals surface area contributed by atoms with Crippen LogP contribution in [-0.2, 0) is 9.53 Å². The van der Waals surface area contributed by atoms with E-state index >= 15 is 0 Å². The normalized spacial score (nSPS) is 12.8. The van der Waals surface area contributed by atoms with Crippen LogP contribution < -0.4 is 4.74 Å². The Labute approximate surface area is 146 Å². The summed E-state index contributed by atoms with van der Waals surface area (Å²) in [5, 5.41) is 1.36. The minimum Gasteiger partial charge on any atom is -0.428 e. The van der Waals surface area contributed by atoms with Crippen molar-refractivity contribution in [2.75, 3.05) is 0 Å². The van der Waals surface area contributed by atoms with Gasteiger partial charge in [-0.15, -0.1) is 0 Å². The molecule has 0 saturated heterocycles. The quantitative estimate of drug-likeness (QED) is 0.404. The lowest BCUT2D eigenvalue weighted by molar-refractivity contribution is -0.120. The number of carbonyl (C=O) groups excluding carboxylic acids is 3. The lowest BCUT2D eigenvalue weighted by Crippen LogP contribution is -2.19. The van der Waals surface area contributed by atoms with Crippen LogP contribution in [0.25, 0.3) is 10.8 Å². The standard InChI is InChI=1S/C19H10O5S/c20-10-23-14-6-1-2-7-16(14)25-15-9-8-13-17-11(15)4-3-5-12(17)18(21)24-19(13)22/h1-10H. The summed E-state index contributed by atoms with van der Waals surface area (Å²) in [6.45, 7) is 0.381. The minimum atomic E-state index is -0.644. The molecule has 0 N–H and O–H groups in total. The number of esters is 2. The van der Waals surface area contributed by atoms with Gasteiger partial charge in [0.05, 0.1) is 16.0 Å². The summed E-state index contributed by atoms with van der Waals surface area (Å²) in [6.07, 6.45) is 0. The van der Waals surface area contributed by atoms with E-state index in [0.29, 0.717) is 28.7 Å². The van der Waals surface area contributed by atoms with Crippen molar-refractivity contribution in [1.29, 1.82) is 0 Å². The highest BCUT2D eigenvalue weighted by Crippen LogP contribution is 2.40. The molecule has 6 heteroatoms. The molecule has 1 aliphatic rings. The third kappa shape index (κ3) is 2.56. The van der Waals surface area contributed by atoms with Crippen LogP contribution in [0.2, 0.25) is 0 Å². The maximum atomic E-state index is 12.0.